The Bertz CT molecular complexity index is 770. The van der Waals surface area contributed by atoms with Crippen molar-refractivity contribution in [3.8, 4) is 0 Å². The topological polar surface area (TPSA) is 72.2 Å². The molecular formula is C12H10Cl2N2O2S3. The van der Waals surface area contributed by atoms with Gasteiger partial charge in [-0.25, -0.2) is 13.1 Å². The van der Waals surface area contributed by atoms with Crippen LogP contribution in [-0.2, 0) is 16.6 Å². The molecular weight excluding hydrogens is 371 g/mol. The fraction of sp³-hybridized carbons (Fsp3) is 0.0833. The molecule has 1 aromatic heterocycles. The molecule has 0 aliphatic heterocycles. The van der Waals surface area contributed by atoms with Gasteiger partial charge in [-0.05, 0) is 11.6 Å². The molecule has 0 aliphatic rings. The predicted molar refractivity (Wildman–Crippen MR) is 90.7 cm³/mol. The van der Waals surface area contributed by atoms with Crippen molar-refractivity contribution in [2.75, 3.05) is 0 Å². The zero-order chi connectivity index (χ0) is 15.6. The van der Waals surface area contributed by atoms with Gasteiger partial charge in [0.05, 0.1) is 4.34 Å². The maximum Gasteiger partial charge on any atom is 0.243 e. The Labute approximate surface area is 141 Å². The van der Waals surface area contributed by atoms with Crippen molar-refractivity contribution in [1.82, 2.24) is 4.72 Å². The van der Waals surface area contributed by atoms with Gasteiger partial charge in [0.1, 0.15) is 14.2 Å². The van der Waals surface area contributed by atoms with Crippen LogP contribution in [0.1, 0.15) is 11.1 Å². The van der Waals surface area contributed by atoms with Gasteiger partial charge < -0.3 is 5.73 Å². The first kappa shape index (κ1) is 16.7. The molecule has 0 bridgehead atoms. The summed E-state index contributed by atoms with van der Waals surface area (Å²) in [5, 5.41) is 0. The SMILES string of the molecule is NC(=S)c1ccc(CNS(=O)(=O)c2cc(Cl)sc2Cl)cc1. The van der Waals surface area contributed by atoms with Crippen LogP contribution in [0.25, 0.3) is 0 Å². The number of sulfonamides is 1. The normalized spacial score (nSPS) is 11.5. The lowest BCUT2D eigenvalue weighted by atomic mass is 10.1. The summed E-state index contributed by atoms with van der Waals surface area (Å²) in [5.74, 6) is 0. The van der Waals surface area contributed by atoms with Gasteiger partial charge in [0.2, 0.25) is 10.0 Å². The van der Waals surface area contributed by atoms with Crippen LogP contribution in [0.2, 0.25) is 8.67 Å². The second kappa shape index (κ2) is 6.60. The first-order valence-electron chi connectivity index (χ1n) is 5.63. The molecule has 21 heavy (non-hydrogen) atoms. The summed E-state index contributed by atoms with van der Waals surface area (Å²) in [6.45, 7) is 0.129. The third kappa shape index (κ3) is 4.15. The van der Waals surface area contributed by atoms with E-state index in [1.165, 1.54) is 6.07 Å². The van der Waals surface area contributed by atoms with Crippen LogP contribution >= 0.6 is 46.8 Å². The van der Waals surface area contributed by atoms with Crippen molar-refractivity contribution in [2.45, 2.75) is 11.4 Å². The molecule has 0 radical (unpaired) electrons. The number of nitrogens with two attached hydrogens (primary N) is 1. The Morgan fingerprint density at radius 3 is 2.38 bits per heavy atom. The molecule has 0 unspecified atom stereocenters. The van der Waals surface area contributed by atoms with Crippen LogP contribution in [0.3, 0.4) is 0 Å². The van der Waals surface area contributed by atoms with Crippen LogP contribution in [0, 0.1) is 0 Å². The van der Waals surface area contributed by atoms with Crippen LogP contribution < -0.4 is 10.5 Å². The molecule has 9 heteroatoms. The van der Waals surface area contributed by atoms with Crippen molar-refractivity contribution in [3.63, 3.8) is 0 Å². The zero-order valence-corrected chi connectivity index (χ0v) is 14.4. The molecule has 2 rings (SSSR count). The van der Waals surface area contributed by atoms with Gasteiger partial charge in [-0.15, -0.1) is 11.3 Å². The second-order valence-electron chi connectivity index (χ2n) is 4.07. The third-order valence-electron chi connectivity index (χ3n) is 2.62. The Kier molecular flexibility index (Phi) is 5.24. The van der Waals surface area contributed by atoms with Crippen molar-refractivity contribution >= 4 is 61.8 Å². The molecule has 0 amide bonds. The van der Waals surface area contributed by atoms with Crippen LogP contribution in [0.5, 0.6) is 0 Å². The van der Waals surface area contributed by atoms with E-state index in [9.17, 15) is 8.42 Å². The molecule has 0 saturated carbocycles. The number of thiophene rings is 1. The molecule has 0 saturated heterocycles. The average Bonchev–Trinajstić information content (AvgIpc) is 2.77. The maximum atomic E-state index is 12.1. The highest BCUT2D eigenvalue weighted by molar-refractivity contribution is 7.89. The lowest BCUT2D eigenvalue weighted by molar-refractivity contribution is 0.582. The van der Waals surface area contributed by atoms with E-state index in [-0.39, 0.29) is 15.8 Å². The highest BCUT2D eigenvalue weighted by Gasteiger charge is 2.20. The number of nitrogens with one attached hydrogen (secondary N) is 1. The van der Waals surface area contributed by atoms with Crippen LogP contribution in [0.15, 0.2) is 35.2 Å². The number of thiocarbonyl (C=S) groups is 1. The predicted octanol–water partition coefficient (Wildman–Crippen LogP) is 3.17. The highest BCUT2D eigenvalue weighted by atomic mass is 35.5. The van der Waals surface area contributed by atoms with E-state index in [0.717, 1.165) is 22.5 Å². The summed E-state index contributed by atoms with van der Waals surface area (Å²) >= 11 is 17.5. The lowest BCUT2D eigenvalue weighted by Gasteiger charge is -2.06. The van der Waals surface area contributed by atoms with E-state index >= 15 is 0 Å². The average molecular weight is 381 g/mol. The summed E-state index contributed by atoms with van der Waals surface area (Å²) in [4.78, 5) is 0.278. The van der Waals surface area contributed by atoms with E-state index in [0.29, 0.717) is 9.32 Å². The zero-order valence-electron chi connectivity index (χ0n) is 10.5. The van der Waals surface area contributed by atoms with E-state index in [2.05, 4.69) is 4.72 Å². The Morgan fingerprint density at radius 1 is 1.29 bits per heavy atom. The van der Waals surface area contributed by atoms with Crippen molar-refractivity contribution in [2.24, 2.45) is 5.73 Å². The first-order chi connectivity index (χ1) is 9.79. The smallest absolute Gasteiger partial charge is 0.243 e. The number of hydrogen-bond donors (Lipinski definition) is 2. The van der Waals surface area contributed by atoms with Gasteiger partial charge in [-0.1, -0.05) is 59.7 Å². The minimum Gasteiger partial charge on any atom is -0.389 e. The molecule has 0 atom stereocenters. The van der Waals surface area contributed by atoms with Gasteiger partial charge in [0.25, 0.3) is 0 Å². The van der Waals surface area contributed by atoms with E-state index < -0.39 is 10.0 Å². The van der Waals surface area contributed by atoms with Crippen molar-refractivity contribution in [3.05, 3.63) is 50.1 Å². The summed E-state index contributed by atoms with van der Waals surface area (Å²) in [6, 6.07) is 8.30. The van der Waals surface area contributed by atoms with Gasteiger partial charge in [0, 0.05) is 12.1 Å². The largest absolute Gasteiger partial charge is 0.389 e. The van der Waals surface area contributed by atoms with E-state index in [1.54, 1.807) is 24.3 Å². The first-order valence-corrected chi connectivity index (χ1v) is 9.09. The summed E-state index contributed by atoms with van der Waals surface area (Å²) in [5.41, 5.74) is 7.00. The third-order valence-corrected chi connectivity index (χ3v) is 6.01. The maximum absolute atomic E-state index is 12.1. The second-order valence-corrected chi connectivity index (χ2v) is 8.53. The summed E-state index contributed by atoms with van der Waals surface area (Å²) in [6.07, 6.45) is 0. The van der Waals surface area contributed by atoms with Gasteiger partial charge >= 0.3 is 0 Å². The lowest BCUT2D eigenvalue weighted by Crippen LogP contribution is -2.23. The summed E-state index contributed by atoms with van der Waals surface area (Å²) < 4.78 is 27.2. The monoisotopic (exact) mass is 380 g/mol. The number of hydrogen-bond acceptors (Lipinski definition) is 4. The van der Waals surface area contributed by atoms with Crippen LogP contribution in [0.4, 0.5) is 0 Å². The van der Waals surface area contributed by atoms with Gasteiger partial charge in [-0.3, -0.25) is 0 Å². The minimum absolute atomic E-state index is 0.0149. The minimum atomic E-state index is -3.70. The van der Waals surface area contributed by atoms with Gasteiger partial charge in [-0.2, -0.15) is 0 Å². The molecule has 1 heterocycles. The number of rotatable bonds is 5. The van der Waals surface area contributed by atoms with Crippen molar-refractivity contribution in [1.29, 1.82) is 0 Å². The quantitative estimate of drug-likeness (QED) is 0.781. The van der Waals surface area contributed by atoms with E-state index in [4.69, 9.17) is 41.2 Å². The highest BCUT2D eigenvalue weighted by Crippen LogP contribution is 2.34. The van der Waals surface area contributed by atoms with Gasteiger partial charge in [0.15, 0.2) is 0 Å². The number of benzene rings is 1. The molecule has 3 N–H and O–H groups in total. The molecule has 2 aromatic rings. The Balaban J connectivity index is 2.11. The van der Waals surface area contributed by atoms with E-state index in [1.807, 2.05) is 0 Å². The Morgan fingerprint density at radius 2 is 1.90 bits per heavy atom. The standard InChI is InChI=1S/C12H10Cl2N2O2S3/c13-10-5-9(11(14)20-10)21(17,18)16-6-7-1-3-8(4-2-7)12(15)19/h1-5,16H,6H2,(H2,15,19). The molecule has 0 spiro atoms. The Hall–Kier alpha value is -0.700. The molecule has 0 fully saturated rings. The number of halogens is 2. The molecule has 4 nitrogen and oxygen atoms in total. The van der Waals surface area contributed by atoms with Crippen molar-refractivity contribution < 1.29 is 8.42 Å². The molecule has 112 valence electrons. The molecule has 0 aliphatic carbocycles. The summed E-state index contributed by atoms with van der Waals surface area (Å²) in [7, 11) is -3.70. The fourth-order valence-electron chi connectivity index (χ4n) is 1.55. The fourth-order valence-corrected chi connectivity index (χ4v) is 4.85. The van der Waals surface area contributed by atoms with Crippen LogP contribution in [-0.4, -0.2) is 13.4 Å². The molecule has 1 aromatic carbocycles.